The van der Waals surface area contributed by atoms with E-state index in [-0.39, 0.29) is 25.6 Å². The fraction of sp³-hybridized carbons (Fsp3) is 0.300. The molecule has 1 aliphatic rings. The number of nitrogens with one attached hydrogen (secondary N) is 2. The summed E-state index contributed by atoms with van der Waals surface area (Å²) in [5.41, 5.74) is 5.29. The Morgan fingerprint density at radius 2 is 1.45 bits per heavy atom. The van der Waals surface area contributed by atoms with Gasteiger partial charge in [0.2, 0.25) is 5.91 Å². The number of carbonyl (C=O) groups excluding carboxylic acids is 2. The average Bonchev–Trinajstić information content (AvgIpc) is 3.26. The van der Waals surface area contributed by atoms with Gasteiger partial charge in [-0.3, -0.25) is 4.79 Å². The molecule has 0 fully saturated rings. The molecule has 4 rings (SSSR count). The van der Waals surface area contributed by atoms with Gasteiger partial charge in [-0.05, 0) is 41.2 Å². The van der Waals surface area contributed by atoms with E-state index in [1.165, 1.54) is 0 Å². The van der Waals surface area contributed by atoms with Crippen molar-refractivity contribution in [2.75, 3.05) is 6.61 Å². The van der Waals surface area contributed by atoms with Gasteiger partial charge in [-0.1, -0.05) is 85.8 Å². The molecule has 1 unspecified atom stereocenters. The van der Waals surface area contributed by atoms with E-state index >= 15 is 0 Å². The third kappa shape index (κ3) is 6.20. The van der Waals surface area contributed by atoms with Gasteiger partial charge in [0.1, 0.15) is 12.6 Å². The fourth-order valence-corrected chi connectivity index (χ4v) is 4.67. The Hall–Kier alpha value is -4.17. The molecule has 0 spiro atoms. The van der Waals surface area contributed by atoms with Crippen LogP contribution in [0.25, 0.3) is 11.1 Å². The van der Waals surface area contributed by atoms with E-state index in [0.717, 1.165) is 27.8 Å². The first-order valence-corrected chi connectivity index (χ1v) is 12.7. The highest BCUT2D eigenvalue weighted by atomic mass is 16.5. The predicted molar refractivity (Wildman–Crippen MR) is 143 cm³/mol. The number of hydrogen-bond donors (Lipinski definition) is 3. The summed E-state index contributed by atoms with van der Waals surface area (Å²) in [6.45, 7) is 3.62. The summed E-state index contributed by atoms with van der Waals surface area (Å²) in [5.74, 6) is -1.96. The number of rotatable bonds is 11. The lowest BCUT2D eigenvalue weighted by Gasteiger charge is -2.25. The highest BCUT2D eigenvalue weighted by Gasteiger charge is 2.32. The maximum atomic E-state index is 12.9. The van der Waals surface area contributed by atoms with Crippen molar-refractivity contribution in [3.63, 3.8) is 0 Å². The lowest BCUT2D eigenvalue weighted by molar-refractivity contribution is -0.146. The Bertz CT molecular complexity index is 1230. The number of amides is 2. The molecule has 38 heavy (non-hydrogen) atoms. The molecule has 3 aromatic carbocycles. The molecule has 0 bridgehead atoms. The number of alkyl carbamates (subject to hydrolysis) is 1. The molecule has 3 atom stereocenters. The molecule has 0 aliphatic heterocycles. The quantitative estimate of drug-likeness (QED) is 0.346. The molecular weight excluding hydrogens is 484 g/mol. The molecule has 0 heterocycles. The van der Waals surface area contributed by atoms with E-state index in [2.05, 4.69) is 22.8 Å². The van der Waals surface area contributed by atoms with Crippen LogP contribution in [0.2, 0.25) is 0 Å². The van der Waals surface area contributed by atoms with Crippen LogP contribution in [0.4, 0.5) is 4.79 Å². The highest BCUT2D eigenvalue weighted by molar-refractivity contribution is 5.89. The minimum Gasteiger partial charge on any atom is -0.480 e. The molecule has 0 radical (unpaired) electrons. The maximum Gasteiger partial charge on any atom is 0.407 e. The van der Waals surface area contributed by atoms with Crippen LogP contribution < -0.4 is 10.6 Å². The van der Waals surface area contributed by atoms with Crippen molar-refractivity contribution in [2.45, 2.75) is 51.0 Å². The Kier molecular flexibility index (Phi) is 8.76. The minimum absolute atomic E-state index is 0.110. The molecule has 0 saturated carbocycles. The van der Waals surface area contributed by atoms with Crippen LogP contribution in [0.15, 0.2) is 78.9 Å². The van der Waals surface area contributed by atoms with Crippen LogP contribution in [0.3, 0.4) is 0 Å². The zero-order chi connectivity index (χ0) is 27.1. The summed E-state index contributed by atoms with van der Waals surface area (Å²) in [7, 11) is 0. The molecule has 3 N–H and O–H groups in total. The molecule has 3 aromatic rings. The lowest BCUT2D eigenvalue weighted by Crippen LogP contribution is -2.55. The zero-order valence-corrected chi connectivity index (χ0v) is 21.4. The number of benzene rings is 3. The van der Waals surface area contributed by atoms with Crippen LogP contribution >= 0.6 is 0 Å². The molecule has 1 aliphatic carbocycles. The topological polar surface area (TPSA) is 114 Å². The van der Waals surface area contributed by atoms with E-state index in [0.29, 0.717) is 0 Å². The van der Waals surface area contributed by atoms with Crippen LogP contribution in [0, 0.1) is 0 Å². The number of carboxylic acid groups (broad SMARTS) is 1. The van der Waals surface area contributed by atoms with Gasteiger partial charge in [0, 0.05) is 5.92 Å². The van der Waals surface area contributed by atoms with Crippen molar-refractivity contribution in [2.24, 2.45) is 0 Å². The standard InChI is InChI=1S/C30H32N2O6/c1-3-26(28(33)32-27(29(34)35)19(2)37-17-20-11-5-4-6-12-20)31-30(36)38-18-25-23-15-9-7-13-21(23)22-14-8-10-16-24(22)25/h4-16,19,25-27H,3,17-18H2,1-2H3,(H,31,36)(H,32,33)(H,34,35)/t19-,26?,27+/m0/s1. The Morgan fingerprint density at radius 1 is 0.868 bits per heavy atom. The third-order valence-corrected chi connectivity index (χ3v) is 6.75. The monoisotopic (exact) mass is 516 g/mol. The summed E-state index contributed by atoms with van der Waals surface area (Å²) < 4.78 is 11.2. The van der Waals surface area contributed by atoms with E-state index in [9.17, 15) is 19.5 Å². The fourth-order valence-electron chi connectivity index (χ4n) is 4.67. The molecule has 8 nitrogen and oxygen atoms in total. The van der Waals surface area contributed by atoms with Gasteiger partial charge in [-0.25, -0.2) is 9.59 Å². The summed E-state index contributed by atoms with van der Waals surface area (Å²) in [5, 5.41) is 14.8. The summed E-state index contributed by atoms with van der Waals surface area (Å²) in [6.07, 6.45) is -1.29. The largest absolute Gasteiger partial charge is 0.480 e. The second-order valence-electron chi connectivity index (χ2n) is 9.26. The van der Waals surface area contributed by atoms with Gasteiger partial charge in [-0.2, -0.15) is 0 Å². The number of carbonyl (C=O) groups is 3. The first-order chi connectivity index (χ1) is 18.4. The van der Waals surface area contributed by atoms with Gasteiger partial charge < -0.3 is 25.2 Å². The van der Waals surface area contributed by atoms with Gasteiger partial charge in [-0.15, -0.1) is 0 Å². The zero-order valence-electron chi connectivity index (χ0n) is 21.4. The Labute approximate surface area is 222 Å². The van der Waals surface area contributed by atoms with Crippen LogP contribution in [0.5, 0.6) is 0 Å². The summed E-state index contributed by atoms with van der Waals surface area (Å²) >= 11 is 0. The number of ether oxygens (including phenoxy) is 2. The van der Waals surface area contributed by atoms with Crippen LogP contribution in [-0.2, 0) is 25.7 Å². The number of carboxylic acids is 1. The van der Waals surface area contributed by atoms with E-state index < -0.39 is 36.2 Å². The predicted octanol–water partition coefficient (Wildman–Crippen LogP) is 4.48. The SMILES string of the molecule is CCC(NC(=O)OCC1c2ccccc2-c2ccccc21)C(=O)N[C@@H](C(=O)O)[C@H](C)OCc1ccccc1. The molecular formula is C30H32N2O6. The Morgan fingerprint density at radius 3 is 2.03 bits per heavy atom. The summed E-state index contributed by atoms with van der Waals surface area (Å²) in [4.78, 5) is 37.4. The summed E-state index contributed by atoms with van der Waals surface area (Å²) in [6, 6.07) is 23.1. The van der Waals surface area contributed by atoms with Crippen LogP contribution in [0.1, 0.15) is 42.9 Å². The molecule has 2 amide bonds. The van der Waals surface area contributed by atoms with Gasteiger partial charge in [0.25, 0.3) is 0 Å². The number of fused-ring (bicyclic) bond motifs is 3. The molecule has 8 heteroatoms. The molecule has 0 aromatic heterocycles. The second-order valence-corrected chi connectivity index (χ2v) is 9.26. The average molecular weight is 517 g/mol. The van der Waals surface area contributed by atoms with Crippen molar-refractivity contribution in [3.05, 3.63) is 95.6 Å². The van der Waals surface area contributed by atoms with Gasteiger partial charge in [0.05, 0.1) is 12.7 Å². The first kappa shape index (κ1) is 26.9. The normalized spacial score (nSPS) is 14.5. The highest BCUT2D eigenvalue weighted by Crippen LogP contribution is 2.44. The second kappa shape index (κ2) is 12.4. The first-order valence-electron chi connectivity index (χ1n) is 12.7. The third-order valence-electron chi connectivity index (χ3n) is 6.75. The molecule has 0 saturated heterocycles. The van der Waals surface area contributed by atoms with E-state index in [4.69, 9.17) is 9.47 Å². The van der Waals surface area contributed by atoms with Crippen molar-refractivity contribution in [3.8, 4) is 11.1 Å². The van der Waals surface area contributed by atoms with E-state index in [1.54, 1.807) is 13.8 Å². The number of aliphatic carboxylic acids is 1. The van der Waals surface area contributed by atoms with Crippen LogP contribution in [-0.4, -0.2) is 47.9 Å². The van der Waals surface area contributed by atoms with Crippen molar-refractivity contribution in [1.29, 1.82) is 0 Å². The Balaban J connectivity index is 1.33. The number of hydrogen-bond acceptors (Lipinski definition) is 5. The molecule has 198 valence electrons. The maximum absolute atomic E-state index is 12.9. The van der Waals surface area contributed by atoms with Crippen molar-refractivity contribution in [1.82, 2.24) is 10.6 Å². The van der Waals surface area contributed by atoms with Crippen molar-refractivity contribution < 1.29 is 29.0 Å². The lowest BCUT2D eigenvalue weighted by atomic mass is 9.98. The van der Waals surface area contributed by atoms with Gasteiger partial charge in [0.15, 0.2) is 6.04 Å². The van der Waals surface area contributed by atoms with E-state index in [1.807, 2.05) is 66.7 Å². The smallest absolute Gasteiger partial charge is 0.407 e. The minimum atomic E-state index is -1.29. The van der Waals surface area contributed by atoms with Crippen molar-refractivity contribution >= 4 is 18.0 Å². The van der Waals surface area contributed by atoms with Gasteiger partial charge >= 0.3 is 12.1 Å².